The van der Waals surface area contributed by atoms with Gasteiger partial charge in [0.2, 0.25) is 0 Å². The fourth-order valence-electron chi connectivity index (χ4n) is 2.86. The maximum atomic E-state index is 13.1. The predicted octanol–water partition coefficient (Wildman–Crippen LogP) is 3.03. The molecule has 1 heterocycles. The molecule has 1 atom stereocenters. The minimum Gasteiger partial charge on any atom is -0.468 e. The minimum absolute atomic E-state index is 0.0443. The van der Waals surface area contributed by atoms with Gasteiger partial charge in [-0.25, -0.2) is 14.0 Å². The molecule has 1 saturated heterocycles. The maximum Gasteiger partial charge on any atom is 0.410 e. The second kappa shape index (κ2) is 8.49. The standard InChI is InChI=1S/C19H27FN2O4/c1-19(2,3)26-18(24)22-11-9-15(10-12-22)21-16(17(23)25-4)13-5-7-14(20)8-6-13/h5-8,15-16,21H,9-12H2,1-4H3. The molecule has 1 aliphatic rings. The van der Waals surface area contributed by atoms with Gasteiger partial charge in [-0.05, 0) is 51.3 Å². The number of carbonyl (C=O) groups is 2. The molecule has 144 valence electrons. The molecule has 0 radical (unpaired) electrons. The van der Waals surface area contributed by atoms with E-state index in [1.807, 2.05) is 20.8 Å². The monoisotopic (exact) mass is 366 g/mol. The van der Waals surface area contributed by atoms with Crippen LogP contribution in [0.15, 0.2) is 24.3 Å². The van der Waals surface area contributed by atoms with Gasteiger partial charge in [0, 0.05) is 19.1 Å². The smallest absolute Gasteiger partial charge is 0.410 e. The van der Waals surface area contributed by atoms with E-state index in [-0.39, 0.29) is 18.0 Å². The van der Waals surface area contributed by atoms with E-state index in [0.717, 1.165) is 0 Å². The lowest BCUT2D eigenvalue weighted by molar-refractivity contribution is -0.143. The molecule has 0 saturated carbocycles. The summed E-state index contributed by atoms with van der Waals surface area (Å²) < 4.78 is 23.4. The van der Waals surface area contributed by atoms with E-state index >= 15 is 0 Å². The van der Waals surface area contributed by atoms with E-state index in [4.69, 9.17) is 9.47 Å². The molecule has 1 amide bonds. The Balaban J connectivity index is 1.96. The third-order valence-electron chi connectivity index (χ3n) is 4.19. The van der Waals surface area contributed by atoms with Gasteiger partial charge in [0.15, 0.2) is 0 Å². The Morgan fingerprint density at radius 1 is 1.19 bits per heavy atom. The van der Waals surface area contributed by atoms with Crippen LogP contribution >= 0.6 is 0 Å². The van der Waals surface area contributed by atoms with Crippen LogP contribution in [0, 0.1) is 5.82 Å². The lowest BCUT2D eigenvalue weighted by atomic mass is 10.0. The molecular formula is C19H27FN2O4. The van der Waals surface area contributed by atoms with E-state index < -0.39 is 17.6 Å². The Hall–Kier alpha value is -2.15. The predicted molar refractivity (Wildman–Crippen MR) is 95.1 cm³/mol. The number of nitrogens with one attached hydrogen (secondary N) is 1. The van der Waals surface area contributed by atoms with Crippen LogP contribution in [0.1, 0.15) is 45.2 Å². The van der Waals surface area contributed by atoms with Crippen molar-refractivity contribution in [2.45, 2.75) is 51.3 Å². The highest BCUT2D eigenvalue weighted by molar-refractivity contribution is 5.77. The molecule has 7 heteroatoms. The fourth-order valence-corrected chi connectivity index (χ4v) is 2.86. The number of carbonyl (C=O) groups excluding carboxylic acids is 2. The number of hydrogen-bond donors (Lipinski definition) is 1. The van der Waals surface area contributed by atoms with E-state index in [9.17, 15) is 14.0 Å². The maximum absolute atomic E-state index is 13.1. The Morgan fingerprint density at radius 3 is 2.27 bits per heavy atom. The molecule has 1 aliphatic heterocycles. The number of ether oxygens (including phenoxy) is 2. The van der Waals surface area contributed by atoms with E-state index in [1.54, 1.807) is 17.0 Å². The topological polar surface area (TPSA) is 67.9 Å². The molecule has 6 nitrogen and oxygen atoms in total. The van der Waals surface area contributed by atoms with E-state index in [2.05, 4.69) is 5.32 Å². The van der Waals surface area contributed by atoms with Gasteiger partial charge in [0.05, 0.1) is 7.11 Å². The van der Waals surface area contributed by atoms with Gasteiger partial charge in [-0.3, -0.25) is 5.32 Å². The van der Waals surface area contributed by atoms with Crippen LogP contribution in [0.4, 0.5) is 9.18 Å². The molecule has 1 aromatic carbocycles. The fraction of sp³-hybridized carbons (Fsp3) is 0.579. The van der Waals surface area contributed by atoms with Crippen molar-refractivity contribution < 1.29 is 23.5 Å². The Bertz CT molecular complexity index is 619. The zero-order valence-corrected chi connectivity index (χ0v) is 15.8. The van der Waals surface area contributed by atoms with Gasteiger partial charge in [0.25, 0.3) is 0 Å². The number of hydrogen-bond acceptors (Lipinski definition) is 5. The molecular weight excluding hydrogens is 339 g/mol. The van der Waals surface area contributed by atoms with Crippen molar-refractivity contribution in [3.63, 3.8) is 0 Å². The van der Waals surface area contributed by atoms with Crippen LogP contribution in [0.5, 0.6) is 0 Å². The normalized spacial score (nSPS) is 16.9. The average molecular weight is 366 g/mol. The number of rotatable bonds is 4. The number of nitrogens with zero attached hydrogens (tertiary/aromatic N) is 1. The van der Waals surface area contributed by atoms with Gasteiger partial charge in [-0.15, -0.1) is 0 Å². The summed E-state index contributed by atoms with van der Waals surface area (Å²) in [5, 5.41) is 3.27. The van der Waals surface area contributed by atoms with Crippen molar-refractivity contribution in [1.82, 2.24) is 10.2 Å². The molecule has 0 bridgehead atoms. The highest BCUT2D eigenvalue weighted by Gasteiger charge is 2.30. The van der Waals surface area contributed by atoms with Gasteiger partial charge in [0.1, 0.15) is 17.5 Å². The zero-order valence-electron chi connectivity index (χ0n) is 15.8. The third-order valence-corrected chi connectivity index (χ3v) is 4.19. The molecule has 1 aromatic rings. The van der Waals surface area contributed by atoms with Crippen LogP contribution in [-0.2, 0) is 14.3 Å². The first-order valence-electron chi connectivity index (χ1n) is 8.77. The number of piperidine rings is 1. The third kappa shape index (κ3) is 5.69. The highest BCUT2D eigenvalue weighted by atomic mass is 19.1. The first-order valence-corrected chi connectivity index (χ1v) is 8.77. The average Bonchev–Trinajstić information content (AvgIpc) is 2.59. The van der Waals surface area contributed by atoms with Crippen molar-refractivity contribution >= 4 is 12.1 Å². The van der Waals surface area contributed by atoms with Crippen LogP contribution < -0.4 is 5.32 Å². The summed E-state index contributed by atoms with van der Waals surface area (Å²) >= 11 is 0. The highest BCUT2D eigenvalue weighted by Crippen LogP contribution is 2.21. The number of methoxy groups -OCH3 is 1. The summed E-state index contributed by atoms with van der Waals surface area (Å²) in [6.45, 7) is 6.60. The first kappa shape index (κ1) is 20.2. The number of benzene rings is 1. The largest absolute Gasteiger partial charge is 0.468 e. The molecule has 2 rings (SSSR count). The van der Waals surface area contributed by atoms with Gasteiger partial charge < -0.3 is 14.4 Å². The quantitative estimate of drug-likeness (QED) is 0.830. The Morgan fingerprint density at radius 2 is 1.77 bits per heavy atom. The number of amides is 1. The summed E-state index contributed by atoms with van der Waals surface area (Å²) in [6.07, 6.45) is 1.06. The molecule has 0 aliphatic carbocycles. The second-order valence-electron chi connectivity index (χ2n) is 7.42. The summed E-state index contributed by atoms with van der Waals surface area (Å²) in [5.41, 5.74) is 0.123. The molecule has 1 N–H and O–H groups in total. The summed E-state index contributed by atoms with van der Waals surface area (Å²) in [6, 6.07) is 5.15. The van der Waals surface area contributed by atoms with Crippen molar-refractivity contribution in [2.24, 2.45) is 0 Å². The van der Waals surface area contributed by atoms with Crippen LogP contribution in [0.2, 0.25) is 0 Å². The van der Waals surface area contributed by atoms with Gasteiger partial charge >= 0.3 is 12.1 Å². The molecule has 0 aromatic heterocycles. The minimum atomic E-state index is -0.668. The second-order valence-corrected chi connectivity index (χ2v) is 7.42. The van der Waals surface area contributed by atoms with Crippen molar-refractivity contribution in [3.8, 4) is 0 Å². The van der Waals surface area contributed by atoms with Crippen molar-refractivity contribution in [2.75, 3.05) is 20.2 Å². The SMILES string of the molecule is COC(=O)C(NC1CCN(C(=O)OC(C)(C)C)CC1)c1ccc(F)cc1. The first-order chi connectivity index (χ1) is 12.2. The van der Waals surface area contributed by atoms with Crippen molar-refractivity contribution in [1.29, 1.82) is 0 Å². The summed E-state index contributed by atoms with van der Waals surface area (Å²) in [5.74, 6) is -0.783. The number of halogens is 1. The van der Waals surface area contributed by atoms with Crippen LogP contribution in [0.25, 0.3) is 0 Å². The lowest BCUT2D eigenvalue weighted by Crippen LogP contribution is -2.48. The molecule has 1 unspecified atom stereocenters. The summed E-state index contributed by atoms with van der Waals surface area (Å²) in [7, 11) is 1.33. The molecule has 1 fully saturated rings. The molecule has 26 heavy (non-hydrogen) atoms. The number of likely N-dealkylation sites (tertiary alicyclic amines) is 1. The van der Waals surface area contributed by atoms with Crippen LogP contribution in [0.3, 0.4) is 0 Å². The van der Waals surface area contributed by atoms with Gasteiger partial charge in [-0.1, -0.05) is 12.1 Å². The number of esters is 1. The molecule has 0 spiro atoms. The zero-order chi connectivity index (χ0) is 19.3. The summed E-state index contributed by atoms with van der Waals surface area (Å²) in [4.78, 5) is 25.9. The Labute approximate surface area is 153 Å². The van der Waals surface area contributed by atoms with E-state index in [1.165, 1.54) is 19.2 Å². The van der Waals surface area contributed by atoms with Gasteiger partial charge in [-0.2, -0.15) is 0 Å². The Kier molecular flexibility index (Phi) is 6.58. The van der Waals surface area contributed by atoms with Crippen molar-refractivity contribution in [3.05, 3.63) is 35.6 Å². The van der Waals surface area contributed by atoms with Crippen LogP contribution in [-0.4, -0.2) is 48.8 Å². The van der Waals surface area contributed by atoms with E-state index in [0.29, 0.717) is 31.5 Å². The lowest BCUT2D eigenvalue weighted by Gasteiger charge is -2.35.